The summed E-state index contributed by atoms with van der Waals surface area (Å²) in [7, 11) is 1.77. The summed E-state index contributed by atoms with van der Waals surface area (Å²) in [5, 5.41) is 6.59. The molecule has 26 heavy (non-hydrogen) atoms. The fourth-order valence-electron chi connectivity index (χ4n) is 2.21. The first-order valence-electron chi connectivity index (χ1n) is 8.52. The van der Waals surface area contributed by atoms with Crippen LogP contribution in [-0.4, -0.2) is 23.6 Å². The fourth-order valence-corrected chi connectivity index (χ4v) is 2.21. The Hall–Kier alpha value is -1.67. The predicted octanol–water partition coefficient (Wildman–Crippen LogP) is 3.88. The molecule has 5 nitrogen and oxygen atoms in total. The average Bonchev–Trinajstić information content (AvgIpc) is 2.61. The van der Waals surface area contributed by atoms with Gasteiger partial charge in [0, 0.05) is 19.8 Å². The van der Waals surface area contributed by atoms with E-state index in [4.69, 9.17) is 4.74 Å². The quantitative estimate of drug-likeness (QED) is 0.384. The highest BCUT2D eigenvalue weighted by Crippen LogP contribution is 2.13. The summed E-state index contributed by atoms with van der Waals surface area (Å²) in [6.07, 6.45) is 1.79. The molecule has 2 N–H and O–H groups in total. The molecule has 2 aromatic rings. The van der Waals surface area contributed by atoms with Crippen LogP contribution >= 0.6 is 24.0 Å². The molecule has 0 amide bonds. The van der Waals surface area contributed by atoms with Crippen LogP contribution in [0.2, 0.25) is 0 Å². The number of aromatic nitrogens is 1. The van der Waals surface area contributed by atoms with Crippen LogP contribution in [0.1, 0.15) is 37.6 Å². The number of halogens is 1. The highest BCUT2D eigenvalue weighted by Gasteiger charge is 2.10. The topological polar surface area (TPSA) is 58.5 Å². The number of hydrogen-bond acceptors (Lipinski definition) is 3. The second kappa shape index (κ2) is 11.1. The van der Waals surface area contributed by atoms with Gasteiger partial charge in [-0.25, -0.2) is 0 Å². The fraction of sp³-hybridized carbons (Fsp3) is 0.400. The lowest BCUT2D eigenvalue weighted by Crippen LogP contribution is -2.36. The molecule has 1 heterocycles. The monoisotopic (exact) mass is 468 g/mol. The lowest BCUT2D eigenvalue weighted by Gasteiger charge is -2.19. The zero-order valence-corrected chi connectivity index (χ0v) is 18.3. The average molecular weight is 468 g/mol. The Balaban J connectivity index is 0.00000338. The van der Waals surface area contributed by atoms with Crippen LogP contribution in [0.15, 0.2) is 53.7 Å². The van der Waals surface area contributed by atoms with Crippen LogP contribution < -0.4 is 10.6 Å². The van der Waals surface area contributed by atoms with Gasteiger partial charge in [0.15, 0.2) is 5.96 Å². The number of pyridine rings is 1. The van der Waals surface area contributed by atoms with Crippen LogP contribution in [0.4, 0.5) is 0 Å². The Morgan fingerprint density at radius 3 is 2.42 bits per heavy atom. The van der Waals surface area contributed by atoms with E-state index in [-0.39, 0.29) is 29.6 Å². The molecule has 142 valence electrons. The van der Waals surface area contributed by atoms with Crippen molar-refractivity contribution in [3.63, 3.8) is 0 Å². The van der Waals surface area contributed by atoms with Crippen LogP contribution in [-0.2, 0) is 24.4 Å². The summed E-state index contributed by atoms with van der Waals surface area (Å²) in [6.45, 7) is 8.15. The summed E-state index contributed by atoms with van der Waals surface area (Å²) in [4.78, 5) is 8.55. The smallest absolute Gasteiger partial charge is 0.191 e. The molecular weight excluding hydrogens is 439 g/mol. The van der Waals surface area contributed by atoms with E-state index < -0.39 is 0 Å². The molecule has 0 unspecified atom stereocenters. The molecule has 1 aromatic carbocycles. The molecule has 0 fully saturated rings. The minimum absolute atomic E-state index is 0. The van der Waals surface area contributed by atoms with Gasteiger partial charge in [0.1, 0.15) is 0 Å². The van der Waals surface area contributed by atoms with Crippen molar-refractivity contribution in [3.8, 4) is 0 Å². The van der Waals surface area contributed by atoms with Gasteiger partial charge in [-0.3, -0.25) is 9.98 Å². The van der Waals surface area contributed by atoms with Crippen molar-refractivity contribution < 1.29 is 4.74 Å². The lowest BCUT2D eigenvalue weighted by molar-refractivity contribution is -0.0149. The third-order valence-corrected chi connectivity index (χ3v) is 3.51. The molecular formula is C20H29IN4O. The molecule has 0 saturated carbocycles. The maximum atomic E-state index is 5.84. The Labute approximate surface area is 173 Å². The number of nitrogens with zero attached hydrogens (tertiary/aromatic N) is 2. The molecule has 0 saturated heterocycles. The van der Waals surface area contributed by atoms with E-state index in [0.717, 1.165) is 11.7 Å². The van der Waals surface area contributed by atoms with E-state index in [1.807, 2.05) is 18.2 Å². The summed E-state index contributed by atoms with van der Waals surface area (Å²) in [5.41, 5.74) is 3.21. The highest BCUT2D eigenvalue weighted by atomic mass is 127. The van der Waals surface area contributed by atoms with E-state index in [1.54, 1.807) is 13.2 Å². The Morgan fingerprint density at radius 2 is 1.77 bits per heavy atom. The van der Waals surface area contributed by atoms with Gasteiger partial charge >= 0.3 is 0 Å². The van der Waals surface area contributed by atoms with Crippen LogP contribution in [0.25, 0.3) is 0 Å². The van der Waals surface area contributed by atoms with Crippen molar-refractivity contribution in [2.75, 3.05) is 7.05 Å². The van der Waals surface area contributed by atoms with Crippen molar-refractivity contribution in [2.24, 2.45) is 4.99 Å². The van der Waals surface area contributed by atoms with E-state index in [2.05, 4.69) is 65.6 Å². The van der Waals surface area contributed by atoms with E-state index in [9.17, 15) is 0 Å². The third-order valence-electron chi connectivity index (χ3n) is 3.51. The predicted molar refractivity (Wildman–Crippen MR) is 118 cm³/mol. The lowest BCUT2D eigenvalue weighted by atomic mass is 10.1. The molecule has 0 atom stereocenters. The largest absolute Gasteiger partial charge is 0.371 e. The van der Waals surface area contributed by atoms with Crippen LogP contribution in [0, 0.1) is 0 Å². The summed E-state index contributed by atoms with van der Waals surface area (Å²) < 4.78 is 5.84. The highest BCUT2D eigenvalue weighted by molar-refractivity contribution is 14.0. The van der Waals surface area contributed by atoms with E-state index >= 15 is 0 Å². The zero-order valence-electron chi connectivity index (χ0n) is 16.0. The van der Waals surface area contributed by atoms with Crippen molar-refractivity contribution in [1.29, 1.82) is 0 Å². The second-order valence-electron chi connectivity index (χ2n) is 6.82. The maximum Gasteiger partial charge on any atom is 0.191 e. The van der Waals surface area contributed by atoms with Gasteiger partial charge in [-0.05, 0) is 44.0 Å². The molecule has 0 aliphatic rings. The van der Waals surface area contributed by atoms with Gasteiger partial charge < -0.3 is 15.4 Å². The van der Waals surface area contributed by atoms with Gasteiger partial charge in [-0.2, -0.15) is 0 Å². The normalized spacial score (nSPS) is 11.6. The number of nitrogens with one attached hydrogen (secondary N) is 2. The summed E-state index contributed by atoms with van der Waals surface area (Å²) in [5.74, 6) is 0.752. The summed E-state index contributed by atoms with van der Waals surface area (Å²) in [6, 6.07) is 14.3. The number of hydrogen-bond donors (Lipinski definition) is 2. The van der Waals surface area contributed by atoms with Crippen molar-refractivity contribution >= 4 is 29.9 Å². The van der Waals surface area contributed by atoms with Crippen molar-refractivity contribution in [2.45, 2.75) is 46.1 Å². The Kier molecular flexibility index (Phi) is 9.58. The third kappa shape index (κ3) is 8.62. The number of rotatable bonds is 6. The van der Waals surface area contributed by atoms with Crippen molar-refractivity contribution in [1.82, 2.24) is 15.6 Å². The molecule has 0 bridgehead atoms. The van der Waals surface area contributed by atoms with E-state index in [1.165, 1.54) is 11.1 Å². The first-order valence-corrected chi connectivity index (χ1v) is 8.52. The maximum absolute atomic E-state index is 5.84. The molecule has 0 radical (unpaired) electrons. The number of guanidine groups is 1. The van der Waals surface area contributed by atoms with E-state index in [0.29, 0.717) is 19.7 Å². The van der Waals surface area contributed by atoms with Crippen molar-refractivity contribution in [3.05, 3.63) is 65.5 Å². The van der Waals surface area contributed by atoms with Crippen LogP contribution in [0.5, 0.6) is 0 Å². The van der Waals surface area contributed by atoms with Crippen LogP contribution in [0.3, 0.4) is 0 Å². The molecule has 1 aromatic heterocycles. The Bertz CT molecular complexity index is 684. The molecule has 0 spiro atoms. The first kappa shape index (κ1) is 22.4. The van der Waals surface area contributed by atoms with Gasteiger partial charge in [-0.15, -0.1) is 24.0 Å². The number of ether oxygens (including phenoxy) is 1. The Morgan fingerprint density at radius 1 is 1.04 bits per heavy atom. The van der Waals surface area contributed by atoms with Gasteiger partial charge in [-0.1, -0.05) is 30.3 Å². The molecule has 6 heteroatoms. The number of aliphatic imine (C=N–C) groups is 1. The summed E-state index contributed by atoms with van der Waals surface area (Å²) >= 11 is 0. The van der Waals surface area contributed by atoms with Gasteiger partial charge in [0.05, 0.1) is 24.4 Å². The SMILES string of the molecule is CN=C(NCc1cccc(COC(C)(C)C)c1)NCc1ccccn1.I. The number of benzene rings is 1. The van der Waals surface area contributed by atoms with Gasteiger partial charge in [0.25, 0.3) is 0 Å². The first-order chi connectivity index (χ1) is 12.0. The second-order valence-corrected chi connectivity index (χ2v) is 6.82. The molecule has 2 rings (SSSR count). The minimum Gasteiger partial charge on any atom is -0.371 e. The zero-order chi connectivity index (χ0) is 18.1. The molecule has 0 aliphatic carbocycles. The molecule has 0 aliphatic heterocycles. The standard InChI is InChI=1S/C20H28N4O.HI/c1-20(2,3)25-15-17-9-7-8-16(12-17)13-23-19(21-4)24-14-18-10-5-6-11-22-18;/h5-12H,13-15H2,1-4H3,(H2,21,23,24);1H. The van der Waals surface area contributed by atoms with Gasteiger partial charge in [0.2, 0.25) is 0 Å². The minimum atomic E-state index is -0.133.